The van der Waals surface area contributed by atoms with Crippen LogP contribution in [0.4, 0.5) is 0 Å². The average molecular weight is 688 g/mol. The zero-order valence-electron chi connectivity index (χ0n) is 29.4. The van der Waals surface area contributed by atoms with E-state index in [-0.39, 0.29) is 0 Å². The minimum Gasteiger partial charge on any atom is -0.208 e. The van der Waals surface area contributed by atoms with Gasteiger partial charge in [-0.1, -0.05) is 194 Å². The Morgan fingerprint density at radius 2 is 0.611 bits per heavy atom. The molecule has 3 nitrogen and oxygen atoms in total. The summed E-state index contributed by atoms with van der Waals surface area (Å²) in [6, 6.07) is 70.5. The van der Waals surface area contributed by atoms with Crippen LogP contribution in [0.15, 0.2) is 200 Å². The Balaban J connectivity index is 1.34. The first-order chi connectivity index (χ1) is 26.8. The summed E-state index contributed by atoms with van der Waals surface area (Å²) in [6.07, 6.45) is 0. The van der Waals surface area contributed by atoms with Gasteiger partial charge in [-0.2, -0.15) is 0 Å². The summed E-state index contributed by atoms with van der Waals surface area (Å²) in [7, 11) is 0. The Kier molecular flexibility index (Phi) is 7.81. The number of hydrogen-bond donors (Lipinski definition) is 0. The van der Waals surface area contributed by atoms with E-state index in [4.69, 9.17) is 15.0 Å². The third-order valence-corrected chi connectivity index (χ3v) is 10.3. The molecule has 0 saturated heterocycles. The molecule has 0 N–H and O–H groups in total. The second-order valence-corrected chi connectivity index (χ2v) is 13.5. The predicted octanol–water partition coefficient (Wildman–Crippen LogP) is 13.3. The largest absolute Gasteiger partial charge is 0.208 e. The molecule has 0 aliphatic rings. The van der Waals surface area contributed by atoms with Gasteiger partial charge >= 0.3 is 0 Å². The van der Waals surface area contributed by atoms with Crippen LogP contribution < -0.4 is 0 Å². The second kappa shape index (κ2) is 13.4. The van der Waals surface area contributed by atoms with Gasteiger partial charge in [0.25, 0.3) is 0 Å². The molecule has 0 spiro atoms. The molecular weight excluding hydrogens is 655 g/mol. The number of rotatable bonds is 6. The van der Waals surface area contributed by atoms with Crippen LogP contribution in [0.5, 0.6) is 0 Å². The van der Waals surface area contributed by atoms with E-state index < -0.39 is 0 Å². The quantitative estimate of drug-likeness (QED) is 0.163. The van der Waals surface area contributed by atoms with Gasteiger partial charge in [0, 0.05) is 22.3 Å². The lowest BCUT2D eigenvalue weighted by Gasteiger charge is -2.21. The van der Waals surface area contributed by atoms with E-state index in [9.17, 15) is 0 Å². The molecule has 10 rings (SSSR count). The molecule has 0 fully saturated rings. The Bertz CT molecular complexity index is 2940. The minimum atomic E-state index is 0.626. The lowest BCUT2D eigenvalue weighted by atomic mass is 9.82. The Morgan fingerprint density at radius 1 is 0.241 bits per heavy atom. The highest BCUT2D eigenvalue weighted by Crippen LogP contribution is 2.48. The summed E-state index contributed by atoms with van der Waals surface area (Å²) in [6.45, 7) is 0. The molecule has 54 heavy (non-hydrogen) atoms. The van der Waals surface area contributed by atoms with Crippen molar-refractivity contribution >= 4 is 32.3 Å². The maximum atomic E-state index is 5.35. The molecule has 10 aromatic rings. The number of hydrogen-bond acceptors (Lipinski definition) is 3. The first-order valence-electron chi connectivity index (χ1n) is 18.3. The van der Waals surface area contributed by atoms with Crippen LogP contribution in [-0.4, -0.2) is 15.0 Å². The highest BCUT2D eigenvalue weighted by molar-refractivity contribution is 6.32. The van der Waals surface area contributed by atoms with Gasteiger partial charge in [-0.3, -0.25) is 0 Å². The standard InChI is InChI=1S/C51H33N3/c1-5-17-34(18-6-1)35-29-31-39(32-30-35)50-52-49(38-23-11-4-12-24-38)53-51(54-50)45-33-44(36-19-7-2-8-20-36)47-42-27-15-13-25-40(42)41-26-14-16-28-43(41)48(47)46(45)37-21-9-3-10-22-37/h1-33H. The van der Waals surface area contributed by atoms with E-state index >= 15 is 0 Å². The molecule has 0 radical (unpaired) electrons. The molecule has 1 heterocycles. The van der Waals surface area contributed by atoms with Crippen molar-refractivity contribution in [2.75, 3.05) is 0 Å². The van der Waals surface area contributed by atoms with Gasteiger partial charge in [0.15, 0.2) is 17.5 Å². The predicted molar refractivity (Wildman–Crippen MR) is 225 cm³/mol. The zero-order chi connectivity index (χ0) is 35.8. The number of fused-ring (bicyclic) bond motifs is 6. The lowest BCUT2D eigenvalue weighted by Crippen LogP contribution is -2.02. The summed E-state index contributed by atoms with van der Waals surface area (Å²) in [5.74, 6) is 1.88. The van der Waals surface area contributed by atoms with E-state index in [0.717, 1.165) is 44.5 Å². The molecule has 1 aromatic heterocycles. The van der Waals surface area contributed by atoms with E-state index in [1.165, 1.54) is 37.9 Å². The summed E-state index contributed by atoms with van der Waals surface area (Å²) < 4.78 is 0. The van der Waals surface area contributed by atoms with Crippen molar-refractivity contribution in [3.05, 3.63) is 200 Å². The fourth-order valence-corrected chi connectivity index (χ4v) is 7.81. The molecule has 0 amide bonds. The highest BCUT2D eigenvalue weighted by atomic mass is 15.0. The van der Waals surface area contributed by atoms with Crippen LogP contribution in [0.1, 0.15) is 0 Å². The normalized spacial score (nSPS) is 11.3. The first kappa shape index (κ1) is 31.5. The molecule has 0 unspecified atom stereocenters. The molecule has 0 bridgehead atoms. The van der Waals surface area contributed by atoms with Crippen LogP contribution in [-0.2, 0) is 0 Å². The SMILES string of the molecule is c1ccc(-c2ccc(-c3nc(-c4ccccc4)nc(-c4cc(-c5ccccc5)c5c6ccccc6c6ccccc6c5c4-c4ccccc4)n3)cc2)cc1. The van der Waals surface area contributed by atoms with Crippen LogP contribution in [0.2, 0.25) is 0 Å². The molecule has 0 aliphatic carbocycles. The first-order valence-corrected chi connectivity index (χ1v) is 18.3. The van der Waals surface area contributed by atoms with Gasteiger partial charge in [0.2, 0.25) is 0 Å². The summed E-state index contributed by atoms with van der Waals surface area (Å²) in [4.78, 5) is 15.8. The molecule has 3 heteroatoms. The Morgan fingerprint density at radius 3 is 1.17 bits per heavy atom. The van der Waals surface area contributed by atoms with Crippen molar-refractivity contribution in [1.29, 1.82) is 0 Å². The van der Waals surface area contributed by atoms with Crippen molar-refractivity contribution in [2.45, 2.75) is 0 Å². The molecule has 9 aromatic carbocycles. The van der Waals surface area contributed by atoms with Crippen molar-refractivity contribution in [3.63, 3.8) is 0 Å². The zero-order valence-corrected chi connectivity index (χ0v) is 29.4. The maximum absolute atomic E-state index is 5.35. The third-order valence-electron chi connectivity index (χ3n) is 10.3. The number of benzene rings is 9. The van der Waals surface area contributed by atoms with E-state index in [0.29, 0.717) is 17.5 Å². The van der Waals surface area contributed by atoms with Gasteiger partial charge in [-0.15, -0.1) is 0 Å². The van der Waals surface area contributed by atoms with Gasteiger partial charge in [-0.05, 0) is 66.2 Å². The fraction of sp³-hybridized carbons (Fsp3) is 0. The Hall–Kier alpha value is -7.23. The molecule has 0 saturated carbocycles. The maximum Gasteiger partial charge on any atom is 0.164 e. The van der Waals surface area contributed by atoms with Crippen molar-refractivity contribution < 1.29 is 0 Å². The van der Waals surface area contributed by atoms with Crippen molar-refractivity contribution in [2.24, 2.45) is 0 Å². The van der Waals surface area contributed by atoms with Crippen molar-refractivity contribution in [3.8, 4) is 67.5 Å². The van der Waals surface area contributed by atoms with Gasteiger partial charge in [0.1, 0.15) is 0 Å². The van der Waals surface area contributed by atoms with Gasteiger partial charge < -0.3 is 0 Å². The minimum absolute atomic E-state index is 0.626. The van der Waals surface area contributed by atoms with Crippen LogP contribution >= 0.6 is 0 Å². The second-order valence-electron chi connectivity index (χ2n) is 13.5. The molecule has 252 valence electrons. The summed E-state index contributed by atoms with van der Waals surface area (Å²) in [5, 5.41) is 7.26. The summed E-state index contributed by atoms with van der Waals surface area (Å²) in [5.41, 5.74) is 9.61. The molecule has 0 atom stereocenters. The summed E-state index contributed by atoms with van der Waals surface area (Å²) >= 11 is 0. The Labute approximate surface area is 313 Å². The average Bonchev–Trinajstić information content (AvgIpc) is 3.27. The number of nitrogens with zero attached hydrogens (tertiary/aromatic N) is 3. The van der Waals surface area contributed by atoms with Gasteiger partial charge in [0.05, 0.1) is 0 Å². The highest BCUT2D eigenvalue weighted by Gasteiger charge is 2.24. The molecular formula is C51H33N3. The lowest BCUT2D eigenvalue weighted by molar-refractivity contribution is 1.07. The van der Waals surface area contributed by atoms with Crippen molar-refractivity contribution in [1.82, 2.24) is 15.0 Å². The monoisotopic (exact) mass is 687 g/mol. The van der Waals surface area contributed by atoms with Crippen LogP contribution in [0, 0.1) is 0 Å². The van der Waals surface area contributed by atoms with Crippen LogP contribution in [0.3, 0.4) is 0 Å². The van der Waals surface area contributed by atoms with Crippen LogP contribution in [0.25, 0.3) is 99.9 Å². The third kappa shape index (κ3) is 5.51. The topological polar surface area (TPSA) is 38.7 Å². The smallest absolute Gasteiger partial charge is 0.164 e. The van der Waals surface area contributed by atoms with Gasteiger partial charge in [-0.25, -0.2) is 15.0 Å². The van der Waals surface area contributed by atoms with E-state index in [1.807, 2.05) is 24.3 Å². The van der Waals surface area contributed by atoms with E-state index in [2.05, 4.69) is 176 Å². The molecule has 0 aliphatic heterocycles. The number of aromatic nitrogens is 3. The fourth-order valence-electron chi connectivity index (χ4n) is 7.81. The van der Waals surface area contributed by atoms with E-state index in [1.54, 1.807) is 0 Å².